The van der Waals surface area contributed by atoms with E-state index in [0.717, 1.165) is 22.3 Å². The molecule has 0 spiro atoms. The predicted molar refractivity (Wildman–Crippen MR) is 136 cm³/mol. The van der Waals surface area contributed by atoms with Gasteiger partial charge in [0.1, 0.15) is 17.4 Å². The Hall–Kier alpha value is -3.84. The van der Waals surface area contributed by atoms with E-state index in [0.29, 0.717) is 23.6 Å². The average Bonchev–Trinajstić information content (AvgIpc) is 2.88. The topological polar surface area (TPSA) is 88.1 Å². The number of aliphatic hydroxyl groups excluding tert-OH is 1. The number of hydrogen-bond donors (Lipinski definition) is 2. The lowest BCUT2D eigenvalue weighted by molar-refractivity contribution is -0.183. The summed E-state index contributed by atoms with van der Waals surface area (Å²) in [6, 6.07) is 20.8. The number of benzene rings is 3. The zero-order valence-electron chi connectivity index (χ0n) is 20.7. The maximum absolute atomic E-state index is 14.1. The van der Waals surface area contributed by atoms with Crippen molar-refractivity contribution in [2.75, 3.05) is 25.6 Å². The number of ether oxygens (including phenoxy) is 2. The van der Waals surface area contributed by atoms with E-state index >= 15 is 0 Å². The number of nitrogens with zero attached hydrogens (tertiary/aromatic N) is 1. The highest BCUT2D eigenvalue weighted by atomic mass is 16.5. The van der Waals surface area contributed by atoms with Crippen LogP contribution in [0.3, 0.4) is 0 Å². The Bertz CT molecular complexity index is 1310. The van der Waals surface area contributed by atoms with Gasteiger partial charge in [-0.3, -0.25) is 14.5 Å². The normalized spacial score (nSPS) is 22.4. The van der Waals surface area contributed by atoms with Crippen LogP contribution in [0.15, 0.2) is 66.7 Å². The predicted octanol–water partition coefficient (Wildman–Crippen LogP) is 4.12. The number of aliphatic hydroxyl groups is 1. The molecule has 186 valence electrons. The van der Waals surface area contributed by atoms with Gasteiger partial charge in [-0.15, -0.1) is 0 Å². The Morgan fingerprint density at radius 2 is 1.89 bits per heavy atom. The first-order valence-electron chi connectivity index (χ1n) is 12.1. The minimum atomic E-state index is -1.15. The fourth-order valence-corrected chi connectivity index (χ4v) is 5.44. The number of carbonyl (C=O) groups is 2. The number of fused-ring (bicyclic) bond motifs is 4. The number of anilines is 1. The number of para-hydroxylation sites is 1. The quantitative estimate of drug-likeness (QED) is 0.512. The molecule has 7 heteroatoms. The first-order chi connectivity index (χ1) is 17.4. The van der Waals surface area contributed by atoms with Crippen LogP contribution in [-0.2, 0) is 15.3 Å². The third-order valence-electron chi connectivity index (χ3n) is 7.26. The molecule has 1 saturated heterocycles. The Kier molecular flexibility index (Phi) is 6.18. The maximum Gasteiger partial charge on any atom is 0.239 e. The zero-order valence-corrected chi connectivity index (χ0v) is 20.7. The SMILES string of the molecule is COc1ccc(C23CC(c4ccccc4O2)C(C(=O)Nc2cc(C)ccc2C)C(=O)N3CCO)cc1. The molecule has 3 atom stereocenters. The summed E-state index contributed by atoms with van der Waals surface area (Å²) in [5, 5.41) is 12.9. The second-order valence-electron chi connectivity index (χ2n) is 9.46. The zero-order chi connectivity index (χ0) is 25.4. The van der Waals surface area contributed by atoms with Crippen LogP contribution in [0, 0.1) is 19.8 Å². The van der Waals surface area contributed by atoms with Gasteiger partial charge in [0.2, 0.25) is 17.5 Å². The molecule has 2 bridgehead atoms. The second-order valence-corrected chi connectivity index (χ2v) is 9.46. The molecule has 1 fully saturated rings. The van der Waals surface area contributed by atoms with E-state index in [1.807, 2.05) is 80.6 Å². The molecule has 7 nitrogen and oxygen atoms in total. The second kappa shape index (κ2) is 9.32. The van der Waals surface area contributed by atoms with E-state index < -0.39 is 17.6 Å². The van der Waals surface area contributed by atoms with Crippen molar-refractivity contribution in [2.45, 2.75) is 31.9 Å². The molecule has 36 heavy (non-hydrogen) atoms. The van der Waals surface area contributed by atoms with Crippen molar-refractivity contribution in [2.24, 2.45) is 5.92 Å². The van der Waals surface area contributed by atoms with Crippen molar-refractivity contribution in [3.05, 3.63) is 89.0 Å². The van der Waals surface area contributed by atoms with Crippen molar-refractivity contribution >= 4 is 17.5 Å². The lowest BCUT2D eigenvalue weighted by Crippen LogP contribution is -2.64. The van der Waals surface area contributed by atoms with Gasteiger partial charge in [-0.2, -0.15) is 0 Å². The lowest BCUT2D eigenvalue weighted by Gasteiger charge is -2.54. The molecule has 0 saturated carbocycles. The minimum Gasteiger partial charge on any atom is -0.497 e. The summed E-state index contributed by atoms with van der Waals surface area (Å²) < 4.78 is 11.9. The van der Waals surface area contributed by atoms with E-state index in [9.17, 15) is 14.7 Å². The van der Waals surface area contributed by atoms with Crippen LogP contribution in [0.25, 0.3) is 0 Å². The van der Waals surface area contributed by atoms with Crippen LogP contribution in [0.4, 0.5) is 5.69 Å². The number of carbonyl (C=O) groups excluding carboxylic acids is 2. The highest BCUT2D eigenvalue weighted by Crippen LogP contribution is 2.54. The standard InChI is InChI=1S/C29H30N2O5/c1-18-8-9-19(2)24(16-18)30-27(33)26-23-17-29(31(14-15-32)28(26)34,20-10-12-21(35-3)13-11-20)36-25-7-5-4-6-22(23)25/h4-13,16,23,26,32H,14-15,17H2,1-3H3,(H,30,33). The highest BCUT2D eigenvalue weighted by molar-refractivity contribution is 6.08. The van der Waals surface area contributed by atoms with E-state index in [4.69, 9.17) is 9.47 Å². The minimum absolute atomic E-state index is 0.0347. The number of amides is 2. The molecule has 2 aliphatic rings. The van der Waals surface area contributed by atoms with Gasteiger partial charge in [0.05, 0.1) is 13.7 Å². The fraction of sp³-hybridized carbons (Fsp3) is 0.310. The summed E-state index contributed by atoms with van der Waals surface area (Å²) in [5.41, 5.74) is 3.07. The van der Waals surface area contributed by atoms with Gasteiger partial charge >= 0.3 is 0 Å². The number of rotatable bonds is 6. The number of methoxy groups -OCH3 is 1. The van der Waals surface area contributed by atoms with Gasteiger partial charge in [0.15, 0.2) is 0 Å². The third kappa shape index (κ3) is 3.89. The molecule has 2 N–H and O–H groups in total. The molecule has 3 aromatic rings. The smallest absolute Gasteiger partial charge is 0.239 e. The maximum atomic E-state index is 14.1. The molecular formula is C29H30N2O5. The first-order valence-corrected chi connectivity index (χ1v) is 12.1. The molecule has 2 heterocycles. The number of β-amino-alcohol motifs (C(OH)–C–C–N with tert-alkyl or cyclic N) is 1. The van der Waals surface area contributed by atoms with Crippen LogP contribution in [-0.4, -0.2) is 42.1 Å². The van der Waals surface area contributed by atoms with Crippen LogP contribution in [0.1, 0.15) is 34.6 Å². The number of hydrogen-bond acceptors (Lipinski definition) is 5. The Morgan fingerprint density at radius 1 is 1.14 bits per heavy atom. The highest BCUT2D eigenvalue weighted by Gasteiger charge is 2.59. The summed E-state index contributed by atoms with van der Waals surface area (Å²) in [5.74, 6) is -0.776. The van der Waals surface area contributed by atoms with Gasteiger partial charge < -0.3 is 19.9 Å². The lowest BCUT2D eigenvalue weighted by atomic mass is 9.71. The molecule has 0 radical (unpaired) electrons. The number of likely N-dealkylation sites (tertiary alicyclic amines) is 1. The van der Waals surface area contributed by atoms with Crippen LogP contribution in [0.5, 0.6) is 11.5 Å². The third-order valence-corrected chi connectivity index (χ3v) is 7.26. The van der Waals surface area contributed by atoms with Crippen LogP contribution >= 0.6 is 0 Å². The number of nitrogens with one attached hydrogen (secondary N) is 1. The summed E-state index contributed by atoms with van der Waals surface area (Å²) in [7, 11) is 1.60. The van der Waals surface area contributed by atoms with Crippen LogP contribution < -0.4 is 14.8 Å². The summed E-state index contributed by atoms with van der Waals surface area (Å²) in [6.45, 7) is 3.66. The molecule has 2 amide bonds. The van der Waals surface area contributed by atoms with E-state index in [-0.39, 0.29) is 25.0 Å². The Balaban J connectivity index is 1.61. The van der Waals surface area contributed by atoms with E-state index in [1.165, 1.54) is 4.90 Å². The molecule has 0 aromatic heterocycles. The molecule has 3 unspecified atom stereocenters. The number of aryl methyl sites for hydroxylation is 2. The summed E-state index contributed by atoms with van der Waals surface area (Å²) in [4.78, 5) is 29.3. The molecule has 0 aliphatic carbocycles. The molecular weight excluding hydrogens is 456 g/mol. The van der Waals surface area contributed by atoms with Gasteiger partial charge in [-0.1, -0.05) is 30.3 Å². The largest absolute Gasteiger partial charge is 0.497 e. The van der Waals surface area contributed by atoms with Crippen molar-refractivity contribution in [1.29, 1.82) is 0 Å². The van der Waals surface area contributed by atoms with Crippen molar-refractivity contribution in [3.63, 3.8) is 0 Å². The first kappa shape index (κ1) is 23.9. The molecule has 3 aromatic carbocycles. The van der Waals surface area contributed by atoms with Gasteiger partial charge in [-0.25, -0.2) is 0 Å². The van der Waals surface area contributed by atoms with Gasteiger partial charge in [0, 0.05) is 30.1 Å². The monoisotopic (exact) mass is 486 g/mol. The molecule has 5 rings (SSSR count). The average molecular weight is 487 g/mol. The van der Waals surface area contributed by atoms with Gasteiger partial charge in [0.25, 0.3) is 0 Å². The fourth-order valence-electron chi connectivity index (χ4n) is 5.44. The van der Waals surface area contributed by atoms with E-state index in [2.05, 4.69) is 5.32 Å². The Labute approximate surface area is 210 Å². The summed E-state index contributed by atoms with van der Waals surface area (Å²) >= 11 is 0. The van der Waals surface area contributed by atoms with Gasteiger partial charge in [-0.05, 0) is 66.9 Å². The Morgan fingerprint density at radius 3 is 2.61 bits per heavy atom. The van der Waals surface area contributed by atoms with Crippen LogP contribution in [0.2, 0.25) is 0 Å². The number of piperidine rings is 1. The van der Waals surface area contributed by atoms with E-state index in [1.54, 1.807) is 7.11 Å². The van der Waals surface area contributed by atoms with Crippen molar-refractivity contribution in [3.8, 4) is 11.5 Å². The van der Waals surface area contributed by atoms with Crippen molar-refractivity contribution in [1.82, 2.24) is 4.90 Å². The molecule has 2 aliphatic heterocycles. The van der Waals surface area contributed by atoms with Crippen molar-refractivity contribution < 1.29 is 24.2 Å². The summed E-state index contributed by atoms with van der Waals surface area (Å²) in [6.07, 6.45) is 0.382.